The van der Waals surface area contributed by atoms with Crippen LogP contribution < -0.4 is 0 Å². The standard InChI is InChI=1S/C8H11NO3S/c1-5(10)7-3-9-8(13-7)6(11)4-12-2/h3,6,11H,4H2,1-2H3. The Morgan fingerprint density at radius 2 is 2.54 bits per heavy atom. The number of carbonyl (C=O) groups is 1. The van der Waals surface area contributed by atoms with Crippen LogP contribution in [-0.4, -0.2) is 29.6 Å². The lowest BCUT2D eigenvalue weighted by atomic mass is 10.4. The van der Waals surface area contributed by atoms with Crippen molar-refractivity contribution in [2.75, 3.05) is 13.7 Å². The second-order valence-corrected chi connectivity index (χ2v) is 3.65. The van der Waals surface area contributed by atoms with E-state index in [-0.39, 0.29) is 12.4 Å². The molecule has 72 valence electrons. The Labute approximate surface area is 80.2 Å². The van der Waals surface area contributed by atoms with Crippen molar-refractivity contribution in [3.8, 4) is 0 Å². The van der Waals surface area contributed by atoms with Crippen molar-refractivity contribution in [3.63, 3.8) is 0 Å². The first-order valence-corrected chi connectivity index (χ1v) is 4.60. The number of nitrogens with zero attached hydrogens (tertiary/aromatic N) is 1. The summed E-state index contributed by atoms with van der Waals surface area (Å²) in [5.74, 6) is -0.0339. The molecule has 0 aliphatic carbocycles. The highest BCUT2D eigenvalue weighted by molar-refractivity contribution is 7.13. The molecule has 1 atom stereocenters. The Hall–Kier alpha value is -0.780. The van der Waals surface area contributed by atoms with Crippen LogP contribution in [0.15, 0.2) is 6.20 Å². The van der Waals surface area contributed by atoms with Crippen molar-refractivity contribution in [3.05, 3.63) is 16.1 Å². The fourth-order valence-corrected chi connectivity index (χ4v) is 1.62. The molecule has 0 aliphatic rings. The van der Waals surface area contributed by atoms with Crippen LogP contribution in [0, 0.1) is 0 Å². The molecule has 13 heavy (non-hydrogen) atoms. The minimum absolute atomic E-state index is 0.0339. The molecule has 4 nitrogen and oxygen atoms in total. The average Bonchev–Trinajstić information content (AvgIpc) is 2.52. The molecule has 0 radical (unpaired) electrons. The number of aliphatic hydroxyl groups is 1. The predicted molar refractivity (Wildman–Crippen MR) is 49.0 cm³/mol. The summed E-state index contributed by atoms with van der Waals surface area (Å²) in [6.07, 6.45) is 0.740. The summed E-state index contributed by atoms with van der Waals surface area (Å²) in [6, 6.07) is 0. The molecule has 1 rings (SSSR count). The van der Waals surface area contributed by atoms with Gasteiger partial charge < -0.3 is 9.84 Å². The minimum Gasteiger partial charge on any atom is -0.383 e. The highest BCUT2D eigenvalue weighted by Crippen LogP contribution is 2.20. The van der Waals surface area contributed by atoms with E-state index in [1.165, 1.54) is 31.6 Å². The quantitative estimate of drug-likeness (QED) is 0.739. The number of aliphatic hydroxyl groups excluding tert-OH is 1. The predicted octanol–water partition coefficient (Wildman–Crippen LogP) is 1.03. The van der Waals surface area contributed by atoms with Crippen molar-refractivity contribution in [1.29, 1.82) is 0 Å². The second-order valence-electron chi connectivity index (χ2n) is 2.59. The zero-order valence-corrected chi connectivity index (χ0v) is 8.30. The van der Waals surface area contributed by atoms with Gasteiger partial charge in [0.15, 0.2) is 5.78 Å². The number of hydrogen-bond acceptors (Lipinski definition) is 5. The molecular formula is C8H11NO3S. The van der Waals surface area contributed by atoms with Crippen LogP contribution >= 0.6 is 11.3 Å². The SMILES string of the molecule is COCC(O)c1ncc(C(C)=O)s1. The summed E-state index contributed by atoms with van der Waals surface area (Å²) in [7, 11) is 1.50. The largest absolute Gasteiger partial charge is 0.383 e. The van der Waals surface area contributed by atoms with Crippen molar-refractivity contribution in [2.24, 2.45) is 0 Å². The summed E-state index contributed by atoms with van der Waals surface area (Å²) in [4.78, 5) is 15.4. The lowest BCUT2D eigenvalue weighted by molar-refractivity contribution is 0.0642. The Bertz CT molecular complexity index is 297. The first kappa shape index (κ1) is 10.3. The Kier molecular flexibility index (Phi) is 3.53. The molecule has 0 aromatic carbocycles. The van der Waals surface area contributed by atoms with Gasteiger partial charge in [-0.3, -0.25) is 4.79 Å². The van der Waals surface area contributed by atoms with Gasteiger partial charge in [0.25, 0.3) is 0 Å². The third-order valence-electron chi connectivity index (χ3n) is 1.48. The average molecular weight is 201 g/mol. The molecule has 1 unspecified atom stereocenters. The highest BCUT2D eigenvalue weighted by atomic mass is 32.1. The van der Waals surface area contributed by atoms with Gasteiger partial charge in [0.2, 0.25) is 0 Å². The van der Waals surface area contributed by atoms with Gasteiger partial charge in [-0.15, -0.1) is 11.3 Å². The highest BCUT2D eigenvalue weighted by Gasteiger charge is 2.13. The fourth-order valence-electron chi connectivity index (χ4n) is 0.834. The van der Waals surface area contributed by atoms with E-state index in [9.17, 15) is 9.90 Å². The summed E-state index contributed by atoms with van der Waals surface area (Å²) in [6.45, 7) is 1.67. The van der Waals surface area contributed by atoms with Gasteiger partial charge >= 0.3 is 0 Å². The van der Waals surface area contributed by atoms with E-state index in [4.69, 9.17) is 4.74 Å². The van der Waals surface area contributed by atoms with E-state index >= 15 is 0 Å². The molecule has 0 aliphatic heterocycles. The van der Waals surface area contributed by atoms with Crippen molar-refractivity contribution < 1.29 is 14.6 Å². The summed E-state index contributed by atoms with van der Waals surface area (Å²) in [5, 5.41) is 9.95. The first-order chi connectivity index (χ1) is 6.15. The topological polar surface area (TPSA) is 59.4 Å². The molecule has 0 fully saturated rings. The van der Waals surface area contributed by atoms with Gasteiger partial charge in [0, 0.05) is 20.2 Å². The van der Waals surface area contributed by atoms with E-state index in [2.05, 4.69) is 4.98 Å². The molecule has 1 N–H and O–H groups in total. The van der Waals surface area contributed by atoms with Gasteiger partial charge in [0.05, 0.1) is 11.5 Å². The zero-order valence-electron chi connectivity index (χ0n) is 7.48. The molecule has 1 aromatic rings. The summed E-state index contributed by atoms with van der Waals surface area (Å²) < 4.78 is 4.76. The van der Waals surface area contributed by atoms with Crippen LogP contribution in [0.1, 0.15) is 27.7 Å². The van der Waals surface area contributed by atoms with Gasteiger partial charge in [-0.25, -0.2) is 4.98 Å². The first-order valence-electron chi connectivity index (χ1n) is 3.78. The van der Waals surface area contributed by atoms with Gasteiger partial charge in [-0.1, -0.05) is 0 Å². The van der Waals surface area contributed by atoms with E-state index in [0.717, 1.165) is 0 Å². The third kappa shape index (κ3) is 2.58. The lowest BCUT2D eigenvalue weighted by Crippen LogP contribution is -2.03. The number of ether oxygens (including phenoxy) is 1. The summed E-state index contributed by atoms with van der Waals surface area (Å²) in [5.41, 5.74) is 0. The number of thiazole rings is 1. The van der Waals surface area contributed by atoms with E-state index in [0.29, 0.717) is 9.88 Å². The second kappa shape index (κ2) is 4.45. The number of rotatable bonds is 4. The molecule has 1 heterocycles. The Morgan fingerprint density at radius 1 is 1.85 bits per heavy atom. The van der Waals surface area contributed by atoms with Crippen LogP contribution in [0.25, 0.3) is 0 Å². The van der Waals surface area contributed by atoms with E-state index in [1.807, 2.05) is 0 Å². The molecule has 5 heteroatoms. The molecule has 1 aromatic heterocycles. The third-order valence-corrected chi connectivity index (χ3v) is 2.68. The number of Topliss-reactive ketones (excluding diaryl/α,β-unsaturated/α-hetero) is 1. The Balaban J connectivity index is 2.73. The van der Waals surface area contributed by atoms with Crippen molar-refractivity contribution in [1.82, 2.24) is 4.98 Å². The van der Waals surface area contributed by atoms with Gasteiger partial charge in [-0.2, -0.15) is 0 Å². The van der Waals surface area contributed by atoms with Crippen LogP contribution in [-0.2, 0) is 4.74 Å². The Morgan fingerprint density at radius 3 is 3.00 bits per heavy atom. The van der Waals surface area contributed by atoms with Gasteiger partial charge in [-0.05, 0) is 0 Å². The maximum absolute atomic E-state index is 10.9. The van der Waals surface area contributed by atoms with Crippen LogP contribution in [0.2, 0.25) is 0 Å². The zero-order chi connectivity index (χ0) is 9.84. The summed E-state index contributed by atoms with van der Waals surface area (Å²) >= 11 is 1.20. The van der Waals surface area contributed by atoms with Crippen molar-refractivity contribution >= 4 is 17.1 Å². The lowest BCUT2D eigenvalue weighted by Gasteiger charge is -2.03. The molecule has 0 bridgehead atoms. The smallest absolute Gasteiger partial charge is 0.171 e. The molecule has 0 saturated carbocycles. The molecule has 0 amide bonds. The number of hydrogen-bond donors (Lipinski definition) is 1. The van der Waals surface area contributed by atoms with Crippen molar-refractivity contribution in [2.45, 2.75) is 13.0 Å². The number of methoxy groups -OCH3 is 1. The van der Waals surface area contributed by atoms with E-state index in [1.54, 1.807) is 0 Å². The molecular weight excluding hydrogens is 190 g/mol. The van der Waals surface area contributed by atoms with Crippen LogP contribution in [0.3, 0.4) is 0 Å². The van der Waals surface area contributed by atoms with Crippen LogP contribution in [0.5, 0.6) is 0 Å². The van der Waals surface area contributed by atoms with Crippen LogP contribution in [0.4, 0.5) is 0 Å². The maximum atomic E-state index is 10.9. The monoisotopic (exact) mass is 201 g/mol. The number of carbonyl (C=O) groups excluding carboxylic acids is 1. The van der Waals surface area contributed by atoms with E-state index < -0.39 is 6.10 Å². The number of ketones is 1. The normalized spacial score (nSPS) is 12.8. The maximum Gasteiger partial charge on any atom is 0.171 e. The number of aromatic nitrogens is 1. The van der Waals surface area contributed by atoms with Gasteiger partial charge in [0.1, 0.15) is 11.1 Å². The molecule has 0 spiro atoms. The molecule has 0 saturated heterocycles. The fraction of sp³-hybridized carbons (Fsp3) is 0.500. The minimum atomic E-state index is -0.733.